The SMILES string of the molecule is CC(C#N)CC1CCC(O)C2(CCC(O)OC2)O1. The monoisotopic (exact) mass is 255 g/mol. The maximum Gasteiger partial charge on any atom is 0.154 e. The van der Waals surface area contributed by atoms with Crippen LogP contribution in [0.2, 0.25) is 0 Å². The molecule has 2 saturated heterocycles. The molecule has 5 unspecified atom stereocenters. The minimum atomic E-state index is -0.746. The van der Waals surface area contributed by atoms with E-state index in [0.717, 1.165) is 6.42 Å². The lowest BCUT2D eigenvalue weighted by atomic mass is 9.82. The summed E-state index contributed by atoms with van der Waals surface area (Å²) in [5, 5.41) is 28.3. The van der Waals surface area contributed by atoms with Gasteiger partial charge in [0.25, 0.3) is 0 Å². The molecule has 1 spiro atoms. The number of ether oxygens (including phenoxy) is 2. The second-order valence-electron chi connectivity index (χ2n) is 5.47. The number of hydrogen-bond acceptors (Lipinski definition) is 5. The second-order valence-corrected chi connectivity index (χ2v) is 5.47. The summed E-state index contributed by atoms with van der Waals surface area (Å²) < 4.78 is 11.2. The number of nitrogens with zero attached hydrogens (tertiary/aromatic N) is 1. The first kappa shape index (κ1) is 13.8. The van der Waals surface area contributed by atoms with Crippen molar-refractivity contribution in [1.82, 2.24) is 0 Å². The van der Waals surface area contributed by atoms with Crippen LogP contribution in [0.4, 0.5) is 0 Å². The Labute approximate surface area is 107 Å². The Balaban J connectivity index is 1.99. The van der Waals surface area contributed by atoms with Gasteiger partial charge in [-0.3, -0.25) is 0 Å². The lowest BCUT2D eigenvalue weighted by Gasteiger charge is -2.47. The fraction of sp³-hybridized carbons (Fsp3) is 0.923. The summed E-state index contributed by atoms with van der Waals surface area (Å²) in [6.45, 7) is 2.11. The molecular weight excluding hydrogens is 234 g/mol. The minimum Gasteiger partial charge on any atom is -0.390 e. The van der Waals surface area contributed by atoms with Crippen molar-refractivity contribution in [3.05, 3.63) is 0 Å². The van der Waals surface area contributed by atoms with Gasteiger partial charge in [0.15, 0.2) is 6.29 Å². The van der Waals surface area contributed by atoms with Gasteiger partial charge in [-0.05, 0) is 32.6 Å². The molecule has 2 aliphatic rings. The molecule has 102 valence electrons. The Bertz CT molecular complexity index is 319. The van der Waals surface area contributed by atoms with Gasteiger partial charge in [-0.1, -0.05) is 0 Å². The summed E-state index contributed by atoms with van der Waals surface area (Å²) in [4.78, 5) is 0. The summed E-state index contributed by atoms with van der Waals surface area (Å²) in [6.07, 6.45) is 1.93. The lowest BCUT2D eigenvalue weighted by Crippen LogP contribution is -2.57. The van der Waals surface area contributed by atoms with E-state index in [1.54, 1.807) is 0 Å². The van der Waals surface area contributed by atoms with Crippen LogP contribution in [-0.2, 0) is 9.47 Å². The molecule has 0 aliphatic carbocycles. The van der Waals surface area contributed by atoms with Crippen molar-refractivity contribution in [2.24, 2.45) is 5.92 Å². The van der Waals surface area contributed by atoms with Crippen molar-refractivity contribution in [3.8, 4) is 6.07 Å². The van der Waals surface area contributed by atoms with E-state index in [1.165, 1.54) is 0 Å². The van der Waals surface area contributed by atoms with Crippen molar-refractivity contribution >= 4 is 0 Å². The number of aliphatic hydroxyl groups excluding tert-OH is 2. The highest BCUT2D eigenvalue weighted by Gasteiger charge is 2.47. The van der Waals surface area contributed by atoms with E-state index in [2.05, 4.69) is 6.07 Å². The van der Waals surface area contributed by atoms with Crippen LogP contribution in [0, 0.1) is 17.2 Å². The average Bonchev–Trinajstić information content (AvgIpc) is 2.37. The molecule has 2 rings (SSSR count). The van der Waals surface area contributed by atoms with Crippen LogP contribution in [0.25, 0.3) is 0 Å². The molecule has 18 heavy (non-hydrogen) atoms. The zero-order chi connectivity index (χ0) is 13.2. The molecule has 5 heteroatoms. The predicted molar refractivity (Wildman–Crippen MR) is 63.4 cm³/mol. The lowest BCUT2D eigenvalue weighted by molar-refractivity contribution is -0.268. The normalized spacial score (nSPS) is 42.4. The highest BCUT2D eigenvalue weighted by atomic mass is 16.6. The van der Waals surface area contributed by atoms with Crippen LogP contribution in [0.5, 0.6) is 0 Å². The standard InChI is InChI=1S/C13H21NO4/c1-9(7-14)6-10-2-3-11(15)13(18-10)5-4-12(16)17-8-13/h9-12,15-16H,2-6,8H2,1H3. The van der Waals surface area contributed by atoms with Gasteiger partial charge in [-0.15, -0.1) is 0 Å². The molecule has 2 aliphatic heterocycles. The molecule has 0 aromatic heterocycles. The predicted octanol–water partition coefficient (Wildman–Crippen LogP) is 0.944. The van der Waals surface area contributed by atoms with E-state index in [0.29, 0.717) is 25.7 Å². The Hall–Kier alpha value is -0.670. The second kappa shape index (κ2) is 5.54. The van der Waals surface area contributed by atoms with Crippen molar-refractivity contribution in [3.63, 3.8) is 0 Å². The largest absolute Gasteiger partial charge is 0.390 e. The molecule has 2 fully saturated rings. The maximum atomic E-state index is 10.1. The third kappa shape index (κ3) is 2.83. The number of rotatable bonds is 2. The Morgan fingerprint density at radius 1 is 1.39 bits per heavy atom. The molecule has 2 heterocycles. The molecule has 2 N–H and O–H groups in total. The van der Waals surface area contributed by atoms with Gasteiger partial charge in [-0.2, -0.15) is 5.26 Å². The van der Waals surface area contributed by atoms with Crippen molar-refractivity contribution in [2.75, 3.05) is 6.61 Å². The van der Waals surface area contributed by atoms with E-state index < -0.39 is 18.0 Å². The zero-order valence-electron chi connectivity index (χ0n) is 10.7. The van der Waals surface area contributed by atoms with Crippen molar-refractivity contribution in [1.29, 1.82) is 5.26 Å². The summed E-state index contributed by atoms with van der Waals surface area (Å²) in [7, 11) is 0. The summed E-state index contributed by atoms with van der Waals surface area (Å²) in [5.74, 6) is -0.0441. The fourth-order valence-electron chi connectivity index (χ4n) is 2.81. The molecule has 0 radical (unpaired) electrons. The van der Waals surface area contributed by atoms with E-state index in [4.69, 9.17) is 14.7 Å². The van der Waals surface area contributed by atoms with Crippen LogP contribution >= 0.6 is 0 Å². The van der Waals surface area contributed by atoms with Gasteiger partial charge < -0.3 is 19.7 Å². The topological polar surface area (TPSA) is 82.7 Å². The van der Waals surface area contributed by atoms with Crippen molar-refractivity contribution < 1.29 is 19.7 Å². The maximum absolute atomic E-state index is 10.1. The third-order valence-corrected chi connectivity index (χ3v) is 3.94. The number of hydrogen-bond donors (Lipinski definition) is 2. The van der Waals surface area contributed by atoms with E-state index in [9.17, 15) is 10.2 Å². The molecule has 0 bridgehead atoms. The van der Waals surface area contributed by atoms with Crippen LogP contribution in [-0.4, -0.2) is 40.9 Å². The van der Waals surface area contributed by atoms with Crippen LogP contribution in [0.3, 0.4) is 0 Å². The van der Waals surface area contributed by atoms with Gasteiger partial charge in [0.2, 0.25) is 0 Å². The molecule has 0 aromatic carbocycles. The highest BCUT2D eigenvalue weighted by Crippen LogP contribution is 2.38. The molecule has 5 nitrogen and oxygen atoms in total. The molecular formula is C13H21NO4. The molecule has 0 saturated carbocycles. The summed E-state index contributed by atoms with van der Waals surface area (Å²) in [5.41, 5.74) is -0.683. The van der Waals surface area contributed by atoms with Crippen LogP contribution in [0.1, 0.15) is 39.0 Å². The Morgan fingerprint density at radius 2 is 2.17 bits per heavy atom. The van der Waals surface area contributed by atoms with E-state index in [1.807, 2.05) is 6.92 Å². The van der Waals surface area contributed by atoms with Gasteiger partial charge in [0.05, 0.1) is 24.9 Å². The van der Waals surface area contributed by atoms with E-state index >= 15 is 0 Å². The number of nitriles is 1. The Morgan fingerprint density at radius 3 is 2.78 bits per heavy atom. The summed E-state index contributed by atoms with van der Waals surface area (Å²) in [6, 6.07) is 2.21. The highest BCUT2D eigenvalue weighted by molar-refractivity contribution is 4.96. The smallest absolute Gasteiger partial charge is 0.154 e. The van der Waals surface area contributed by atoms with Gasteiger partial charge in [-0.25, -0.2) is 0 Å². The molecule has 0 amide bonds. The first-order valence-corrected chi connectivity index (χ1v) is 6.61. The first-order chi connectivity index (χ1) is 8.55. The quantitative estimate of drug-likeness (QED) is 0.767. The van der Waals surface area contributed by atoms with E-state index in [-0.39, 0.29) is 18.6 Å². The van der Waals surface area contributed by atoms with Crippen LogP contribution in [0.15, 0.2) is 0 Å². The first-order valence-electron chi connectivity index (χ1n) is 6.61. The minimum absolute atomic E-state index is 0.00175. The summed E-state index contributed by atoms with van der Waals surface area (Å²) >= 11 is 0. The van der Waals surface area contributed by atoms with Crippen molar-refractivity contribution in [2.45, 2.75) is 63.1 Å². The molecule has 0 aromatic rings. The van der Waals surface area contributed by atoms with Gasteiger partial charge >= 0.3 is 0 Å². The fourth-order valence-corrected chi connectivity index (χ4v) is 2.81. The van der Waals surface area contributed by atoms with Crippen LogP contribution < -0.4 is 0 Å². The average molecular weight is 255 g/mol. The zero-order valence-corrected chi connectivity index (χ0v) is 10.7. The Kier molecular flexibility index (Phi) is 4.23. The van der Waals surface area contributed by atoms with Gasteiger partial charge in [0.1, 0.15) is 5.60 Å². The third-order valence-electron chi connectivity index (χ3n) is 3.94. The van der Waals surface area contributed by atoms with Gasteiger partial charge in [0, 0.05) is 12.3 Å². The number of aliphatic hydroxyl groups is 2. The molecule has 5 atom stereocenters.